The Labute approximate surface area is 194 Å². The second-order valence-electron chi connectivity index (χ2n) is 9.61. The number of benzene rings is 2. The lowest BCUT2D eigenvalue weighted by molar-refractivity contribution is -0.116. The summed E-state index contributed by atoms with van der Waals surface area (Å²) in [5.41, 5.74) is 5.69. The Balaban J connectivity index is 1.00. The van der Waals surface area contributed by atoms with Crippen LogP contribution in [-0.2, 0) is 16.0 Å². The molecule has 0 spiro atoms. The third kappa shape index (κ3) is 3.84. The molecule has 0 radical (unpaired) electrons. The molecule has 6 rings (SSSR count). The van der Waals surface area contributed by atoms with Crippen LogP contribution >= 0.6 is 0 Å². The molecule has 7 nitrogen and oxygen atoms in total. The van der Waals surface area contributed by atoms with Crippen LogP contribution in [0.25, 0.3) is 0 Å². The Kier molecular flexibility index (Phi) is 5.21. The Morgan fingerprint density at radius 2 is 1.91 bits per heavy atom. The van der Waals surface area contributed by atoms with Gasteiger partial charge < -0.3 is 25.2 Å². The Morgan fingerprint density at radius 1 is 1.00 bits per heavy atom. The van der Waals surface area contributed by atoms with E-state index in [-0.39, 0.29) is 11.8 Å². The van der Waals surface area contributed by atoms with Crippen molar-refractivity contribution in [2.45, 2.75) is 44.1 Å². The number of fused-ring (bicyclic) bond motifs is 4. The minimum absolute atomic E-state index is 0.0807. The van der Waals surface area contributed by atoms with E-state index in [2.05, 4.69) is 38.6 Å². The number of carbonyl (C=O) groups excluding carboxylic acids is 2. The van der Waals surface area contributed by atoms with Crippen LogP contribution in [0.5, 0.6) is 5.75 Å². The summed E-state index contributed by atoms with van der Waals surface area (Å²) < 4.78 is 5.96. The lowest BCUT2D eigenvalue weighted by Gasteiger charge is -2.39. The summed E-state index contributed by atoms with van der Waals surface area (Å²) in [6, 6.07) is 12.8. The van der Waals surface area contributed by atoms with Crippen molar-refractivity contribution in [1.82, 2.24) is 4.90 Å². The first-order valence-electron chi connectivity index (χ1n) is 12.1. The molecule has 0 saturated carbocycles. The van der Waals surface area contributed by atoms with E-state index in [1.165, 1.54) is 16.8 Å². The smallest absolute Gasteiger partial charge is 0.243 e. The number of nitrogens with one attached hydrogen (secondary N) is 2. The number of hydrogen-bond donors (Lipinski definition) is 2. The molecule has 33 heavy (non-hydrogen) atoms. The zero-order valence-electron chi connectivity index (χ0n) is 18.8. The zero-order chi connectivity index (χ0) is 22.4. The number of carbonyl (C=O) groups is 2. The number of unbranched alkanes of at least 4 members (excludes halogenated alkanes) is 1. The van der Waals surface area contributed by atoms with E-state index in [1.807, 2.05) is 18.2 Å². The van der Waals surface area contributed by atoms with Gasteiger partial charge in [-0.15, -0.1) is 0 Å². The number of nitrogens with zero attached hydrogens (tertiary/aromatic N) is 2. The fourth-order valence-corrected chi connectivity index (χ4v) is 5.95. The fraction of sp³-hybridized carbons (Fsp3) is 0.462. The number of para-hydroxylation sites is 1. The van der Waals surface area contributed by atoms with E-state index in [4.69, 9.17) is 4.74 Å². The highest BCUT2D eigenvalue weighted by atomic mass is 16.5. The van der Waals surface area contributed by atoms with Crippen LogP contribution in [0, 0.1) is 0 Å². The first-order chi connectivity index (χ1) is 16.2. The van der Waals surface area contributed by atoms with Crippen LogP contribution in [0.3, 0.4) is 0 Å². The largest absolute Gasteiger partial charge is 0.494 e. The summed E-state index contributed by atoms with van der Waals surface area (Å²) in [5, 5.41) is 5.98. The molecule has 2 amide bonds. The SMILES string of the molecule is O=C1CCc2ccc(OCCCCN3CC[C@H]4[C@@H](C3)c3cccc5c3N4CC(=O)N5)cc2N1. The van der Waals surface area contributed by atoms with Crippen molar-refractivity contribution >= 4 is 28.9 Å². The summed E-state index contributed by atoms with van der Waals surface area (Å²) in [4.78, 5) is 28.7. The summed E-state index contributed by atoms with van der Waals surface area (Å²) in [7, 11) is 0. The van der Waals surface area contributed by atoms with Crippen molar-refractivity contribution in [2.24, 2.45) is 0 Å². The lowest BCUT2D eigenvalue weighted by atomic mass is 9.89. The van der Waals surface area contributed by atoms with Gasteiger partial charge in [-0.05, 0) is 55.5 Å². The van der Waals surface area contributed by atoms with E-state index < -0.39 is 0 Å². The maximum Gasteiger partial charge on any atom is 0.243 e. The Morgan fingerprint density at radius 3 is 2.85 bits per heavy atom. The van der Waals surface area contributed by atoms with E-state index in [0.717, 1.165) is 62.4 Å². The number of rotatable bonds is 6. The maximum atomic E-state index is 12.2. The minimum atomic E-state index is 0.0807. The summed E-state index contributed by atoms with van der Waals surface area (Å²) in [6.07, 6.45) is 4.55. The second kappa shape index (κ2) is 8.37. The molecule has 2 atom stereocenters. The van der Waals surface area contributed by atoms with Gasteiger partial charge in [-0.25, -0.2) is 0 Å². The number of anilines is 3. The highest BCUT2D eigenvalue weighted by Gasteiger charge is 2.44. The molecule has 4 heterocycles. The predicted octanol–water partition coefficient (Wildman–Crippen LogP) is 3.36. The van der Waals surface area contributed by atoms with Crippen LogP contribution in [0.15, 0.2) is 36.4 Å². The molecular weight excluding hydrogens is 416 g/mol. The molecule has 0 aromatic heterocycles. The second-order valence-corrected chi connectivity index (χ2v) is 9.61. The standard InChI is InChI=1S/C26H30N4O3/c31-24-9-7-17-6-8-18(14-22(17)28-24)33-13-2-1-11-29-12-10-23-20(15-29)19-4-3-5-21-26(19)30(23)16-25(32)27-21/h3-6,8,14,20,23H,1-2,7,9-13,15-16H2,(H,27,32)(H,28,31)/t20-,23-/m0/s1. The fourth-order valence-electron chi connectivity index (χ4n) is 5.95. The van der Waals surface area contributed by atoms with Crippen molar-refractivity contribution in [2.75, 3.05) is 48.3 Å². The average molecular weight is 447 g/mol. The number of piperidine rings is 1. The highest BCUT2D eigenvalue weighted by molar-refractivity contribution is 6.03. The van der Waals surface area contributed by atoms with E-state index in [9.17, 15) is 9.59 Å². The molecule has 1 saturated heterocycles. The molecule has 2 N–H and O–H groups in total. The third-order valence-corrected chi connectivity index (χ3v) is 7.52. The highest BCUT2D eigenvalue weighted by Crippen LogP contribution is 2.49. The van der Waals surface area contributed by atoms with E-state index >= 15 is 0 Å². The molecule has 2 aromatic rings. The molecule has 4 aliphatic rings. The lowest BCUT2D eigenvalue weighted by Crippen LogP contribution is -2.49. The third-order valence-electron chi connectivity index (χ3n) is 7.52. The Hall–Kier alpha value is -3.06. The minimum Gasteiger partial charge on any atom is -0.494 e. The van der Waals surface area contributed by atoms with Gasteiger partial charge in [-0.3, -0.25) is 9.59 Å². The normalized spacial score (nSPS) is 23.3. The number of aryl methyl sites for hydroxylation is 1. The molecule has 0 aliphatic carbocycles. The van der Waals surface area contributed by atoms with Gasteiger partial charge in [-0.2, -0.15) is 0 Å². The van der Waals surface area contributed by atoms with Gasteiger partial charge in [0.25, 0.3) is 0 Å². The van der Waals surface area contributed by atoms with Gasteiger partial charge in [0.1, 0.15) is 5.75 Å². The van der Waals surface area contributed by atoms with Gasteiger partial charge in [0.15, 0.2) is 0 Å². The zero-order valence-corrected chi connectivity index (χ0v) is 18.8. The molecular formula is C26H30N4O3. The van der Waals surface area contributed by atoms with Gasteiger partial charge in [-0.1, -0.05) is 18.2 Å². The van der Waals surface area contributed by atoms with Gasteiger partial charge in [0.05, 0.1) is 24.5 Å². The summed E-state index contributed by atoms with van der Waals surface area (Å²) in [6.45, 7) is 4.36. The molecule has 4 aliphatic heterocycles. The number of hydrogen-bond acceptors (Lipinski definition) is 5. The van der Waals surface area contributed by atoms with E-state index in [1.54, 1.807) is 0 Å². The molecule has 0 unspecified atom stereocenters. The van der Waals surface area contributed by atoms with Crippen molar-refractivity contribution in [3.8, 4) is 5.75 Å². The van der Waals surface area contributed by atoms with Crippen molar-refractivity contribution < 1.29 is 14.3 Å². The van der Waals surface area contributed by atoms with Crippen LogP contribution in [0.2, 0.25) is 0 Å². The van der Waals surface area contributed by atoms with Gasteiger partial charge >= 0.3 is 0 Å². The first kappa shape index (κ1) is 20.5. The van der Waals surface area contributed by atoms with Crippen LogP contribution in [0.1, 0.15) is 42.7 Å². The number of amides is 2. The van der Waals surface area contributed by atoms with Crippen molar-refractivity contribution in [1.29, 1.82) is 0 Å². The van der Waals surface area contributed by atoms with Crippen LogP contribution in [0.4, 0.5) is 17.1 Å². The van der Waals surface area contributed by atoms with Crippen molar-refractivity contribution in [3.63, 3.8) is 0 Å². The van der Waals surface area contributed by atoms with E-state index in [0.29, 0.717) is 31.5 Å². The number of ether oxygens (including phenoxy) is 1. The number of likely N-dealkylation sites (tertiary alicyclic amines) is 1. The molecule has 7 heteroatoms. The van der Waals surface area contributed by atoms with Crippen molar-refractivity contribution in [3.05, 3.63) is 47.5 Å². The first-order valence-corrected chi connectivity index (χ1v) is 12.1. The summed E-state index contributed by atoms with van der Waals surface area (Å²) >= 11 is 0. The van der Waals surface area contributed by atoms with Gasteiger partial charge in [0.2, 0.25) is 11.8 Å². The van der Waals surface area contributed by atoms with Crippen LogP contribution < -0.4 is 20.3 Å². The average Bonchev–Trinajstić information content (AvgIpc) is 3.13. The Bertz CT molecular complexity index is 1100. The topological polar surface area (TPSA) is 73.9 Å². The van der Waals surface area contributed by atoms with Gasteiger partial charge in [0, 0.05) is 43.2 Å². The maximum absolute atomic E-state index is 12.2. The molecule has 2 aromatic carbocycles. The monoisotopic (exact) mass is 446 g/mol. The quantitative estimate of drug-likeness (QED) is 0.666. The summed E-state index contributed by atoms with van der Waals surface area (Å²) in [5.74, 6) is 1.48. The molecule has 172 valence electrons. The van der Waals surface area contributed by atoms with Crippen LogP contribution in [-0.4, -0.2) is 55.5 Å². The molecule has 1 fully saturated rings. The predicted molar refractivity (Wildman–Crippen MR) is 128 cm³/mol. The molecule has 0 bridgehead atoms.